The molecule has 4 aromatic rings. The third kappa shape index (κ3) is 5.51. The van der Waals surface area contributed by atoms with Crippen LogP contribution in [0.25, 0.3) is 17.1 Å². The van der Waals surface area contributed by atoms with Crippen LogP contribution >= 0.6 is 23.4 Å². The molecule has 0 unspecified atom stereocenters. The summed E-state index contributed by atoms with van der Waals surface area (Å²) in [6.07, 6.45) is 2.83. The monoisotopic (exact) mass is 452 g/mol. The Labute approximate surface area is 189 Å². The molecule has 0 aliphatic rings. The third-order valence-electron chi connectivity index (χ3n) is 4.50. The Morgan fingerprint density at radius 1 is 1.00 bits per heavy atom. The molecule has 0 fully saturated rings. The number of benzene rings is 2. The number of halogens is 1. The van der Waals surface area contributed by atoms with E-state index in [0.29, 0.717) is 28.4 Å². The SMILES string of the molecule is O[C@@H](COCc1ccccc1Cl)CSc1nnc(-c2cccnc2)n1-c1ccccc1. The number of rotatable bonds is 9. The van der Waals surface area contributed by atoms with Crippen LogP contribution in [0.3, 0.4) is 0 Å². The summed E-state index contributed by atoms with van der Waals surface area (Å²) in [5.41, 5.74) is 2.71. The molecule has 0 amide bonds. The highest BCUT2D eigenvalue weighted by Gasteiger charge is 2.17. The number of thioether (sulfide) groups is 1. The number of aliphatic hydroxyl groups is 1. The summed E-state index contributed by atoms with van der Waals surface area (Å²) in [5, 5.41) is 20.5. The molecule has 2 heterocycles. The van der Waals surface area contributed by atoms with Gasteiger partial charge in [0.25, 0.3) is 0 Å². The van der Waals surface area contributed by atoms with Crippen LogP contribution in [0.5, 0.6) is 0 Å². The van der Waals surface area contributed by atoms with Crippen molar-refractivity contribution in [1.82, 2.24) is 19.7 Å². The molecule has 0 saturated carbocycles. The molecule has 0 spiro atoms. The van der Waals surface area contributed by atoms with E-state index in [1.807, 2.05) is 71.3 Å². The van der Waals surface area contributed by atoms with Gasteiger partial charge in [0.2, 0.25) is 0 Å². The zero-order valence-corrected chi connectivity index (χ0v) is 18.2. The van der Waals surface area contributed by atoms with E-state index >= 15 is 0 Å². The van der Waals surface area contributed by atoms with Crippen LogP contribution in [0.15, 0.2) is 84.3 Å². The molecule has 8 heteroatoms. The smallest absolute Gasteiger partial charge is 0.196 e. The van der Waals surface area contributed by atoms with Gasteiger partial charge in [-0.1, -0.05) is 59.8 Å². The summed E-state index contributed by atoms with van der Waals surface area (Å²) in [6.45, 7) is 0.555. The van der Waals surface area contributed by atoms with Crippen LogP contribution in [0.4, 0.5) is 0 Å². The minimum Gasteiger partial charge on any atom is -0.390 e. The molecule has 2 aromatic heterocycles. The number of aromatic nitrogens is 4. The van der Waals surface area contributed by atoms with Crippen molar-refractivity contribution in [2.75, 3.05) is 12.4 Å². The number of pyridine rings is 1. The average molecular weight is 453 g/mol. The topological polar surface area (TPSA) is 73.1 Å². The number of ether oxygens (including phenoxy) is 1. The van der Waals surface area contributed by atoms with Crippen LogP contribution in [0.2, 0.25) is 5.02 Å². The predicted molar refractivity (Wildman–Crippen MR) is 122 cm³/mol. The zero-order valence-electron chi connectivity index (χ0n) is 16.6. The minimum absolute atomic E-state index is 0.202. The minimum atomic E-state index is -0.657. The van der Waals surface area contributed by atoms with Crippen LogP contribution < -0.4 is 0 Å². The van der Waals surface area contributed by atoms with E-state index in [1.165, 1.54) is 11.8 Å². The second kappa shape index (κ2) is 10.5. The molecule has 158 valence electrons. The van der Waals surface area contributed by atoms with E-state index in [2.05, 4.69) is 15.2 Å². The Hall–Kier alpha value is -2.71. The number of nitrogens with zero attached hydrogens (tertiary/aromatic N) is 4. The van der Waals surface area contributed by atoms with Gasteiger partial charge >= 0.3 is 0 Å². The Morgan fingerprint density at radius 2 is 1.81 bits per heavy atom. The molecule has 0 saturated heterocycles. The number of hydrogen-bond acceptors (Lipinski definition) is 6. The predicted octanol–water partition coefficient (Wildman–Crippen LogP) is 4.65. The lowest BCUT2D eigenvalue weighted by atomic mass is 10.2. The standard InChI is InChI=1S/C23H21ClN4O2S/c24-21-11-5-4-7-18(21)14-30-15-20(29)16-31-23-27-26-22(17-8-6-12-25-13-17)28(23)19-9-2-1-3-10-19/h1-13,20,29H,14-16H2/t20-/m0/s1. The maximum Gasteiger partial charge on any atom is 0.196 e. The molecule has 0 aliphatic carbocycles. The van der Waals surface area contributed by atoms with Gasteiger partial charge in [0.15, 0.2) is 11.0 Å². The number of aliphatic hydroxyl groups excluding tert-OH is 1. The van der Waals surface area contributed by atoms with Crippen LogP contribution in [-0.2, 0) is 11.3 Å². The lowest BCUT2D eigenvalue weighted by Gasteiger charge is -2.13. The summed E-state index contributed by atoms with van der Waals surface area (Å²) in [4.78, 5) is 4.19. The molecule has 31 heavy (non-hydrogen) atoms. The van der Waals surface area contributed by atoms with Gasteiger partial charge in [0.1, 0.15) is 0 Å². The summed E-state index contributed by atoms with van der Waals surface area (Å²) in [7, 11) is 0. The Kier molecular flexibility index (Phi) is 7.32. The van der Waals surface area contributed by atoms with Crippen molar-refractivity contribution in [2.45, 2.75) is 17.9 Å². The lowest BCUT2D eigenvalue weighted by Crippen LogP contribution is -2.18. The first-order valence-electron chi connectivity index (χ1n) is 9.75. The van der Waals surface area contributed by atoms with Crippen LogP contribution in [0, 0.1) is 0 Å². The highest BCUT2D eigenvalue weighted by Crippen LogP contribution is 2.28. The van der Waals surface area contributed by atoms with Gasteiger partial charge in [-0.05, 0) is 35.9 Å². The van der Waals surface area contributed by atoms with Crippen molar-refractivity contribution < 1.29 is 9.84 Å². The second-order valence-electron chi connectivity index (χ2n) is 6.79. The van der Waals surface area contributed by atoms with Crippen molar-refractivity contribution in [2.24, 2.45) is 0 Å². The van der Waals surface area contributed by atoms with Gasteiger partial charge in [0.05, 0.1) is 19.3 Å². The first kappa shape index (κ1) is 21.5. The molecule has 1 N–H and O–H groups in total. The fourth-order valence-electron chi connectivity index (χ4n) is 2.99. The summed E-state index contributed by atoms with van der Waals surface area (Å²) in [6, 6.07) is 21.2. The number of para-hydroxylation sites is 1. The first-order chi connectivity index (χ1) is 15.2. The van der Waals surface area contributed by atoms with Crippen LogP contribution in [-0.4, -0.2) is 43.3 Å². The highest BCUT2D eigenvalue weighted by atomic mass is 35.5. The van der Waals surface area contributed by atoms with Crippen LogP contribution in [0.1, 0.15) is 5.56 Å². The van der Waals surface area contributed by atoms with Crippen molar-refractivity contribution in [3.63, 3.8) is 0 Å². The molecule has 0 bridgehead atoms. The van der Waals surface area contributed by atoms with Gasteiger partial charge in [-0.25, -0.2) is 0 Å². The maximum atomic E-state index is 10.4. The van der Waals surface area contributed by atoms with Crippen molar-refractivity contribution in [3.8, 4) is 17.1 Å². The van der Waals surface area contributed by atoms with E-state index < -0.39 is 6.10 Å². The second-order valence-corrected chi connectivity index (χ2v) is 8.18. The number of hydrogen-bond donors (Lipinski definition) is 1. The molecule has 2 aromatic carbocycles. The van der Waals surface area contributed by atoms with Crippen molar-refractivity contribution >= 4 is 23.4 Å². The van der Waals surface area contributed by atoms with E-state index in [-0.39, 0.29) is 6.61 Å². The molecular formula is C23H21ClN4O2S. The van der Waals surface area contributed by atoms with Gasteiger partial charge in [-0.3, -0.25) is 9.55 Å². The Bertz CT molecular complexity index is 1110. The molecular weight excluding hydrogens is 432 g/mol. The molecule has 1 atom stereocenters. The van der Waals surface area contributed by atoms with E-state index in [1.54, 1.807) is 12.4 Å². The fourth-order valence-corrected chi connectivity index (χ4v) is 4.04. The van der Waals surface area contributed by atoms with E-state index in [9.17, 15) is 5.11 Å². The maximum absolute atomic E-state index is 10.4. The third-order valence-corrected chi connectivity index (χ3v) is 5.94. The lowest BCUT2D eigenvalue weighted by molar-refractivity contribution is 0.0398. The average Bonchev–Trinajstić information content (AvgIpc) is 3.24. The zero-order chi connectivity index (χ0) is 21.5. The summed E-state index contributed by atoms with van der Waals surface area (Å²) in [5.74, 6) is 1.12. The van der Waals surface area contributed by atoms with E-state index in [4.69, 9.17) is 16.3 Å². The summed E-state index contributed by atoms with van der Waals surface area (Å²) < 4.78 is 7.61. The largest absolute Gasteiger partial charge is 0.390 e. The normalized spacial score (nSPS) is 12.1. The van der Waals surface area contributed by atoms with Crippen molar-refractivity contribution in [1.29, 1.82) is 0 Å². The highest BCUT2D eigenvalue weighted by molar-refractivity contribution is 7.99. The Balaban J connectivity index is 1.43. The van der Waals surface area contributed by atoms with Gasteiger partial charge in [-0.15, -0.1) is 10.2 Å². The molecule has 0 radical (unpaired) electrons. The van der Waals surface area contributed by atoms with E-state index in [0.717, 1.165) is 16.8 Å². The molecule has 4 rings (SSSR count). The quantitative estimate of drug-likeness (QED) is 0.372. The van der Waals surface area contributed by atoms with Gasteiger partial charge < -0.3 is 9.84 Å². The van der Waals surface area contributed by atoms with Crippen molar-refractivity contribution in [3.05, 3.63) is 89.7 Å². The Morgan fingerprint density at radius 3 is 2.58 bits per heavy atom. The molecule has 0 aliphatic heterocycles. The summed E-state index contributed by atoms with van der Waals surface area (Å²) >= 11 is 7.57. The molecule has 6 nitrogen and oxygen atoms in total. The van der Waals surface area contributed by atoms with Gasteiger partial charge in [0, 0.05) is 34.4 Å². The first-order valence-corrected chi connectivity index (χ1v) is 11.1. The fraction of sp³-hybridized carbons (Fsp3) is 0.174. The van der Waals surface area contributed by atoms with Gasteiger partial charge in [-0.2, -0.15) is 0 Å².